The number of hydrogen-bond donors (Lipinski definition) is 1. The van der Waals surface area contributed by atoms with Gasteiger partial charge in [-0.05, 0) is 48.4 Å². The van der Waals surface area contributed by atoms with Gasteiger partial charge in [0.05, 0.1) is 34.7 Å². The number of carbonyl (C=O) groups excluding carboxylic acids is 1. The lowest BCUT2D eigenvalue weighted by Gasteiger charge is -2.39. The first kappa shape index (κ1) is 25.7. The van der Waals surface area contributed by atoms with E-state index in [0.717, 1.165) is 23.1 Å². The van der Waals surface area contributed by atoms with Crippen LogP contribution in [0.2, 0.25) is 5.02 Å². The largest absolute Gasteiger partial charge is 0.342 e. The van der Waals surface area contributed by atoms with Crippen LogP contribution in [0.1, 0.15) is 5.56 Å². The Morgan fingerprint density at radius 1 is 1.21 bits per heavy atom. The SMILES string of the molecule is COC1N=C(Nc2cc3cn(C)nc3cc2Cl)N(CC2=CC(F)C(F)C(F)=C2)C(=O)N1c1cncc(C)c1. The number of halogens is 4. The summed E-state index contributed by atoms with van der Waals surface area (Å²) in [5.41, 5.74) is 2.32. The Bertz CT molecular complexity index is 1510. The average Bonchev–Trinajstić information content (AvgIpc) is 3.22. The van der Waals surface area contributed by atoms with Crippen LogP contribution in [0, 0.1) is 6.92 Å². The summed E-state index contributed by atoms with van der Waals surface area (Å²) >= 11 is 6.49. The number of carbonyl (C=O) groups is 1. The van der Waals surface area contributed by atoms with Crippen LogP contribution in [0.25, 0.3) is 10.9 Å². The van der Waals surface area contributed by atoms with Crippen molar-refractivity contribution in [3.63, 3.8) is 0 Å². The van der Waals surface area contributed by atoms with Crippen LogP contribution < -0.4 is 10.2 Å². The van der Waals surface area contributed by atoms with Crippen LogP contribution in [0.5, 0.6) is 0 Å². The monoisotopic (exact) mass is 545 g/mol. The molecule has 38 heavy (non-hydrogen) atoms. The summed E-state index contributed by atoms with van der Waals surface area (Å²) in [6, 6.07) is 4.50. The van der Waals surface area contributed by atoms with Gasteiger partial charge in [0.1, 0.15) is 5.83 Å². The minimum absolute atomic E-state index is 0.0105. The molecular formula is C25H23ClF3N7O2. The molecule has 5 rings (SSSR count). The zero-order valence-corrected chi connectivity index (χ0v) is 21.3. The molecule has 1 aliphatic heterocycles. The smallest absolute Gasteiger partial charge is 0.335 e. The van der Waals surface area contributed by atoms with Gasteiger partial charge >= 0.3 is 6.03 Å². The predicted octanol–water partition coefficient (Wildman–Crippen LogP) is 5.04. The number of guanidine groups is 1. The van der Waals surface area contributed by atoms with E-state index >= 15 is 0 Å². The molecule has 13 heteroatoms. The minimum Gasteiger partial charge on any atom is -0.342 e. The van der Waals surface area contributed by atoms with Crippen LogP contribution in [0.15, 0.2) is 65.3 Å². The van der Waals surface area contributed by atoms with Crippen LogP contribution in [0.3, 0.4) is 0 Å². The molecule has 198 valence electrons. The molecular weight excluding hydrogens is 523 g/mol. The number of alkyl halides is 2. The molecule has 3 heterocycles. The number of urea groups is 1. The standard InChI is InChI=1S/C25H23ClF3N7O2/c1-13-4-16(10-30-9-13)36-24(38-3)32-23(31-21-7-15-12-34(2)33-20(15)8-17(21)26)35(25(36)37)11-14-5-18(27)22(29)19(28)6-14/h4-10,12,18,22,24H,11H2,1-3H3,(H,31,32). The number of anilines is 2. The van der Waals surface area contributed by atoms with E-state index in [0.29, 0.717) is 21.9 Å². The first-order valence-electron chi connectivity index (χ1n) is 11.5. The van der Waals surface area contributed by atoms with Crippen molar-refractivity contribution in [1.82, 2.24) is 19.7 Å². The maximum absolute atomic E-state index is 14.1. The fourth-order valence-electron chi connectivity index (χ4n) is 4.27. The molecule has 1 N–H and O–H groups in total. The van der Waals surface area contributed by atoms with Crippen molar-refractivity contribution >= 4 is 45.9 Å². The second-order valence-electron chi connectivity index (χ2n) is 8.91. The van der Waals surface area contributed by atoms with Crippen molar-refractivity contribution in [2.45, 2.75) is 25.6 Å². The van der Waals surface area contributed by atoms with E-state index in [1.54, 1.807) is 42.3 Å². The first-order valence-corrected chi connectivity index (χ1v) is 11.9. The molecule has 3 unspecified atom stereocenters. The summed E-state index contributed by atoms with van der Waals surface area (Å²) in [6.45, 7) is 1.50. The summed E-state index contributed by atoms with van der Waals surface area (Å²) in [7, 11) is 3.16. The molecule has 0 bridgehead atoms. The minimum atomic E-state index is -2.39. The van der Waals surface area contributed by atoms with Gasteiger partial charge in [-0.25, -0.2) is 22.9 Å². The van der Waals surface area contributed by atoms with Gasteiger partial charge in [-0.15, -0.1) is 0 Å². The molecule has 1 aromatic carbocycles. The van der Waals surface area contributed by atoms with Crippen molar-refractivity contribution in [2.75, 3.05) is 23.9 Å². The molecule has 0 saturated carbocycles. The molecule has 2 aromatic heterocycles. The van der Waals surface area contributed by atoms with Gasteiger partial charge in [0.15, 0.2) is 12.3 Å². The van der Waals surface area contributed by atoms with E-state index in [4.69, 9.17) is 16.3 Å². The van der Waals surface area contributed by atoms with Crippen molar-refractivity contribution in [1.29, 1.82) is 0 Å². The van der Waals surface area contributed by atoms with Crippen molar-refractivity contribution in [2.24, 2.45) is 12.0 Å². The fraction of sp³-hybridized carbons (Fsp3) is 0.280. The molecule has 0 saturated heterocycles. The Hall–Kier alpha value is -3.90. The molecule has 0 radical (unpaired) electrons. The molecule has 2 amide bonds. The lowest BCUT2D eigenvalue weighted by molar-refractivity contribution is 0.100. The summed E-state index contributed by atoms with van der Waals surface area (Å²) < 4.78 is 49.1. The number of pyridine rings is 1. The maximum Gasteiger partial charge on any atom is 0.335 e. The molecule has 1 aliphatic carbocycles. The number of nitrogens with zero attached hydrogens (tertiary/aromatic N) is 6. The number of allylic oxidation sites excluding steroid dienone is 2. The number of hydrogen-bond acceptors (Lipinski definition) is 6. The number of ether oxygens (including phenoxy) is 1. The van der Waals surface area contributed by atoms with Crippen molar-refractivity contribution in [3.8, 4) is 0 Å². The highest BCUT2D eigenvalue weighted by atomic mass is 35.5. The number of methoxy groups -OCH3 is 1. The number of aryl methyl sites for hydroxylation is 2. The van der Waals surface area contributed by atoms with Gasteiger partial charge in [-0.3, -0.25) is 14.6 Å². The number of aromatic nitrogens is 3. The average molecular weight is 546 g/mol. The number of fused-ring (bicyclic) bond motifs is 1. The highest BCUT2D eigenvalue weighted by Gasteiger charge is 2.39. The highest BCUT2D eigenvalue weighted by Crippen LogP contribution is 2.31. The van der Waals surface area contributed by atoms with E-state index in [1.807, 2.05) is 6.92 Å². The normalized spacial score (nSPS) is 21.9. The zero-order chi connectivity index (χ0) is 27.1. The zero-order valence-electron chi connectivity index (χ0n) is 20.6. The van der Waals surface area contributed by atoms with Gasteiger partial charge in [-0.1, -0.05) is 11.6 Å². The third-order valence-corrected chi connectivity index (χ3v) is 6.34. The van der Waals surface area contributed by atoms with Crippen LogP contribution in [-0.4, -0.2) is 64.0 Å². The lowest BCUT2D eigenvalue weighted by Crippen LogP contribution is -2.58. The Labute approximate surface area is 220 Å². The van der Waals surface area contributed by atoms with Gasteiger partial charge in [0, 0.05) is 31.9 Å². The lowest BCUT2D eigenvalue weighted by atomic mass is 10.0. The molecule has 3 aromatic rings. The van der Waals surface area contributed by atoms with Crippen molar-refractivity contribution in [3.05, 3.63) is 70.9 Å². The topological polar surface area (TPSA) is 87.9 Å². The van der Waals surface area contributed by atoms with Crippen LogP contribution in [-0.2, 0) is 11.8 Å². The van der Waals surface area contributed by atoms with E-state index in [9.17, 15) is 18.0 Å². The van der Waals surface area contributed by atoms with E-state index in [1.165, 1.54) is 23.1 Å². The van der Waals surface area contributed by atoms with Crippen LogP contribution >= 0.6 is 11.6 Å². The summed E-state index contributed by atoms with van der Waals surface area (Å²) in [5.74, 6) is -1.25. The maximum atomic E-state index is 14.1. The number of benzene rings is 1. The third kappa shape index (κ3) is 4.84. The van der Waals surface area contributed by atoms with Gasteiger partial charge < -0.3 is 10.1 Å². The summed E-state index contributed by atoms with van der Waals surface area (Å²) in [6.07, 6.45) is 1.04. The second-order valence-corrected chi connectivity index (χ2v) is 9.32. The van der Waals surface area contributed by atoms with E-state index in [2.05, 4.69) is 20.4 Å². The fourth-order valence-corrected chi connectivity index (χ4v) is 4.47. The first-order chi connectivity index (χ1) is 18.1. The highest BCUT2D eigenvalue weighted by molar-refractivity contribution is 6.34. The molecule has 2 aliphatic rings. The van der Waals surface area contributed by atoms with Gasteiger partial charge in [-0.2, -0.15) is 10.1 Å². The van der Waals surface area contributed by atoms with Gasteiger partial charge in [0.2, 0.25) is 12.3 Å². The summed E-state index contributed by atoms with van der Waals surface area (Å²) in [4.78, 5) is 25.0. The molecule has 0 spiro atoms. The van der Waals surface area contributed by atoms with E-state index in [-0.39, 0.29) is 18.1 Å². The molecule has 3 atom stereocenters. The number of amides is 2. The number of nitrogens with one attached hydrogen (secondary N) is 1. The Kier molecular flexibility index (Phi) is 6.84. The second kappa shape index (κ2) is 10.1. The van der Waals surface area contributed by atoms with E-state index < -0.39 is 30.6 Å². The van der Waals surface area contributed by atoms with Crippen LogP contribution in [0.4, 0.5) is 29.3 Å². The number of rotatable bonds is 5. The summed E-state index contributed by atoms with van der Waals surface area (Å²) in [5, 5.41) is 8.46. The molecule has 9 nitrogen and oxygen atoms in total. The van der Waals surface area contributed by atoms with Crippen molar-refractivity contribution < 1.29 is 22.7 Å². The quantitative estimate of drug-likeness (QED) is 0.485. The Balaban J connectivity index is 1.57. The van der Waals surface area contributed by atoms with Gasteiger partial charge in [0.25, 0.3) is 0 Å². The molecule has 0 fully saturated rings. The third-order valence-electron chi connectivity index (χ3n) is 6.03. The number of aliphatic imine (C=N–C) groups is 1. The Morgan fingerprint density at radius 3 is 2.71 bits per heavy atom. The predicted molar refractivity (Wildman–Crippen MR) is 138 cm³/mol. The Morgan fingerprint density at radius 2 is 2.00 bits per heavy atom.